The van der Waals surface area contributed by atoms with Crippen LogP contribution in [0.3, 0.4) is 0 Å². The first-order valence-electron chi connectivity index (χ1n) is 8.96. The average molecular weight is 387 g/mol. The van der Waals surface area contributed by atoms with E-state index in [1.54, 1.807) is 11.0 Å². The Bertz CT molecular complexity index is 867. The Morgan fingerprint density at radius 3 is 2.74 bits per heavy atom. The van der Waals surface area contributed by atoms with Crippen molar-refractivity contribution in [1.29, 1.82) is 0 Å². The first-order valence-corrected chi connectivity index (χ1v) is 9.78. The van der Waals surface area contributed by atoms with Gasteiger partial charge in [-0.05, 0) is 32.0 Å². The normalized spacial score (nSPS) is 21.0. The van der Waals surface area contributed by atoms with Crippen molar-refractivity contribution in [3.63, 3.8) is 0 Å². The molecule has 2 aliphatic rings. The Hall–Kier alpha value is -2.38. The molecule has 1 saturated heterocycles. The SMILES string of the molecule is C[C@@H]1CN(C(=O)COC(=O)c2cc3c(s2)-c2ccccc2OC3)C[C@H](C)O1. The lowest BCUT2D eigenvalue weighted by Crippen LogP contribution is -2.49. The van der Waals surface area contributed by atoms with E-state index < -0.39 is 5.97 Å². The van der Waals surface area contributed by atoms with Crippen LogP contribution in [0.2, 0.25) is 0 Å². The predicted octanol–water partition coefficient (Wildman–Crippen LogP) is 3.10. The number of carbonyl (C=O) groups excluding carboxylic acids is 2. The fourth-order valence-corrected chi connectivity index (χ4v) is 4.56. The second-order valence-corrected chi connectivity index (χ2v) is 7.93. The van der Waals surface area contributed by atoms with E-state index in [0.29, 0.717) is 24.6 Å². The molecule has 6 nitrogen and oxygen atoms in total. The highest BCUT2D eigenvalue weighted by atomic mass is 32.1. The van der Waals surface area contributed by atoms with E-state index in [4.69, 9.17) is 14.2 Å². The second kappa shape index (κ2) is 7.32. The van der Waals surface area contributed by atoms with Crippen LogP contribution in [0.5, 0.6) is 5.75 Å². The first-order chi connectivity index (χ1) is 13.0. The van der Waals surface area contributed by atoms with E-state index in [9.17, 15) is 9.59 Å². The van der Waals surface area contributed by atoms with E-state index in [0.717, 1.165) is 21.8 Å². The van der Waals surface area contributed by atoms with Gasteiger partial charge in [0, 0.05) is 29.1 Å². The number of hydrogen-bond donors (Lipinski definition) is 0. The standard InChI is InChI=1S/C20H21NO5S/c1-12-8-21(9-13(2)26-12)18(22)11-25-20(23)17-7-14-10-24-16-6-4-3-5-15(16)19(14)27-17/h3-7,12-13H,8-11H2,1-2H3/t12-,13+. The summed E-state index contributed by atoms with van der Waals surface area (Å²) in [6.45, 7) is 5.06. The van der Waals surface area contributed by atoms with E-state index in [1.165, 1.54) is 11.3 Å². The summed E-state index contributed by atoms with van der Waals surface area (Å²) in [7, 11) is 0. The monoisotopic (exact) mass is 387 g/mol. The summed E-state index contributed by atoms with van der Waals surface area (Å²) in [6.07, 6.45) is -0.0324. The fourth-order valence-electron chi connectivity index (χ4n) is 3.47. The maximum Gasteiger partial charge on any atom is 0.348 e. The highest BCUT2D eigenvalue weighted by Gasteiger charge is 2.27. The van der Waals surface area contributed by atoms with Crippen LogP contribution in [0.25, 0.3) is 10.4 Å². The number of ether oxygens (including phenoxy) is 3. The molecule has 0 radical (unpaired) electrons. The Morgan fingerprint density at radius 1 is 1.22 bits per heavy atom. The molecule has 2 aliphatic heterocycles. The second-order valence-electron chi connectivity index (χ2n) is 6.88. The number of esters is 1. The zero-order valence-corrected chi connectivity index (χ0v) is 16.1. The van der Waals surface area contributed by atoms with Crippen molar-refractivity contribution < 1.29 is 23.8 Å². The van der Waals surface area contributed by atoms with Gasteiger partial charge in [-0.15, -0.1) is 11.3 Å². The molecular weight excluding hydrogens is 366 g/mol. The van der Waals surface area contributed by atoms with Crippen molar-refractivity contribution in [2.24, 2.45) is 0 Å². The Kier molecular flexibility index (Phi) is 4.88. The molecule has 4 rings (SSSR count). The lowest BCUT2D eigenvalue weighted by atomic mass is 10.1. The molecule has 0 N–H and O–H groups in total. The maximum absolute atomic E-state index is 12.4. The molecule has 0 unspecified atom stereocenters. The number of amides is 1. The van der Waals surface area contributed by atoms with Gasteiger partial charge in [0.05, 0.1) is 12.2 Å². The van der Waals surface area contributed by atoms with E-state index in [2.05, 4.69) is 0 Å². The Morgan fingerprint density at radius 2 is 1.96 bits per heavy atom. The molecule has 7 heteroatoms. The zero-order chi connectivity index (χ0) is 19.0. The first kappa shape index (κ1) is 18.0. The van der Waals surface area contributed by atoms with Gasteiger partial charge in [0.15, 0.2) is 6.61 Å². The Balaban J connectivity index is 1.41. The molecule has 1 aromatic heterocycles. The number of benzene rings is 1. The molecule has 0 spiro atoms. The molecule has 3 heterocycles. The summed E-state index contributed by atoms with van der Waals surface area (Å²) in [5.74, 6) is 0.146. The molecule has 0 saturated carbocycles. The molecule has 0 aliphatic carbocycles. The predicted molar refractivity (Wildman–Crippen MR) is 101 cm³/mol. The van der Waals surface area contributed by atoms with Gasteiger partial charge in [-0.3, -0.25) is 4.79 Å². The zero-order valence-electron chi connectivity index (χ0n) is 15.3. The highest BCUT2D eigenvalue weighted by Crippen LogP contribution is 2.42. The van der Waals surface area contributed by atoms with E-state index in [1.807, 2.05) is 38.1 Å². The van der Waals surface area contributed by atoms with Gasteiger partial charge >= 0.3 is 5.97 Å². The van der Waals surface area contributed by atoms with Gasteiger partial charge in [-0.25, -0.2) is 4.79 Å². The quantitative estimate of drug-likeness (QED) is 0.757. The van der Waals surface area contributed by atoms with Gasteiger partial charge in [-0.2, -0.15) is 0 Å². The highest BCUT2D eigenvalue weighted by molar-refractivity contribution is 7.17. The van der Waals surface area contributed by atoms with E-state index >= 15 is 0 Å². The maximum atomic E-state index is 12.4. The van der Waals surface area contributed by atoms with Crippen molar-refractivity contribution in [1.82, 2.24) is 4.90 Å². The number of fused-ring (bicyclic) bond motifs is 3. The Labute approximate surface area is 161 Å². The van der Waals surface area contributed by atoms with Crippen LogP contribution in [0, 0.1) is 0 Å². The van der Waals surface area contributed by atoms with E-state index in [-0.39, 0.29) is 24.7 Å². The molecule has 142 valence electrons. The number of carbonyl (C=O) groups is 2. The topological polar surface area (TPSA) is 65.1 Å². The number of nitrogens with zero attached hydrogens (tertiary/aromatic N) is 1. The third-order valence-electron chi connectivity index (χ3n) is 4.62. The number of morpholine rings is 1. The molecule has 1 aromatic carbocycles. The van der Waals surface area contributed by atoms with Crippen LogP contribution in [0.1, 0.15) is 29.1 Å². The summed E-state index contributed by atoms with van der Waals surface area (Å²) in [6, 6.07) is 9.55. The van der Waals surface area contributed by atoms with Crippen LogP contribution in [0.15, 0.2) is 30.3 Å². The van der Waals surface area contributed by atoms with Gasteiger partial charge in [0.25, 0.3) is 5.91 Å². The summed E-state index contributed by atoms with van der Waals surface area (Å²) in [5.41, 5.74) is 1.95. The number of rotatable bonds is 3. The summed E-state index contributed by atoms with van der Waals surface area (Å²) in [4.78, 5) is 28.0. The van der Waals surface area contributed by atoms with Gasteiger partial charge in [-0.1, -0.05) is 12.1 Å². The van der Waals surface area contributed by atoms with Crippen molar-refractivity contribution in [2.45, 2.75) is 32.7 Å². The lowest BCUT2D eigenvalue weighted by molar-refractivity contribution is -0.146. The van der Waals surface area contributed by atoms with Crippen LogP contribution in [0.4, 0.5) is 0 Å². The molecule has 27 heavy (non-hydrogen) atoms. The minimum atomic E-state index is -0.477. The van der Waals surface area contributed by atoms with Gasteiger partial charge in [0.1, 0.15) is 17.2 Å². The lowest BCUT2D eigenvalue weighted by Gasteiger charge is -2.35. The number of thiophene rings is 1. The fraction of sp³-hybridized carbons (Fsp3) is 0.400. The molecule has 1 amide bonds. The van der Waals surface area contributed by atoms with Crippen LogP contribution in [-0.4, -0.2) is 48.7 Å². The van der Waals surface area contributed by atoms with Crippen LogP contribution >= 0.6 is 11.3 Å². The summed E-state index contributed by atoms with van der Waals surface area (Å²) < 4.78 is 16.6. The summed E-state index contributed by atoms with van der Waals surface area (Å²) in [5, 5.41) is 0. The number of hydrogen-bond acceptors (Lipinski definition) is 6. The molecule has 2 atom stereocenters. The minimum Gasteiger partial charge on any atom is -0.488 e. The van der Waals surface area contributed by atoms with Crippen LogP contribution < -0.4 is 4.74 Å². The van der Waals surface area contributed by atoms with Crippen molar-refractivity contribution >= 4 is 23.2 Å². The summed E-state index contributed by atoms with van der Waals surface area (Å²) >= 11 is 1.37. The van der Waals surface area contributed by atoms with Crippen molar-refractivity contribution in [3.05, 3.63) is 40.8 Å². The van der Waals surface area contributed by atoms with Crippen LogP contribution in [-0.2, 0) is 20.9 Å². The van der Waals surface area contributed by atoms with Crippen molar-refractivity contribution in [3.8, 4) is 16.2 Å². The molecule has 1 fully saturated rings. The number of para-hydroxylation sites is 1. The molecule has 0 bridgehead atoms. The van der Waals surface area contributed by atoms with Gasteiger partial charge < -0.3 is 19.1 Å². The smallest absolute Gasteiger partial charge is 0.348 e. The molecule has 2 aromatic rings. The molecular formula is C20H21NO5S. The minimum absolute atomic E-state index is 0.0162. The van der Waals surface area contributed by atoms with Crippen molar-refractivity contribution in [2.75, 3.05) is 19.7 Å². The largest absolute Gasteiger partial charge is 0.488 e. The third kappa shape index (κ3) is 3.70. The average Bonchev–Trinajstić information content (AvgIpc) is 3.10. The van der Waals surface area contributed by atoms with Gasteiger partial charge in [0.2, 0.25) is 0 Å². The third-order valence-corrected chi connectivity index (χ3v) is 5.81.